The van der Waals surface area contributed by atoms with E-state index in [1.165, 1.54) is 18.4 Å². The molecule has 1 aromatic carbocycles. The van der Waals surface area contributed by atoms with E-state index in [0.29, 0.717) is 37.8 Å². The molecule has 4 rings (SSSR count). The summed E-state index contributed by atoms with van der Waals surface area (Å²) in [5.41, 5.74) is 2.90. The first-order valence-corrected chi connectivity index (χ1v) is 12.7. The Morgan fingerprint density at radius 2 is 1.55 bits per heavy atom. The second-order valence-corrected chi connectivity index (χ2v) is 12.1. The van der Waals surface area contributed by atoms with Gasteiger partial charge < -0.3 is 9.80 Å². The summed E-state index contributed by atoms with van der Waals surface area (Å²) in [6.07, 6.45) is 6.64. The van der Waals surface area contributed by atoms with Gasteiger partial charge in [-0.2, -0.15) is 0 Å². The number of amides is 2. The lowest BCUT2D eigenvalue weighted by atomic mass is 9.74. The molecule has 2 saturated heterocycles. The fourth-order valence-corrected chi connectivity index (χ4v) is 5.92. The van der Waals surface area contributed by atoms with Crippen LogP contribution in [0.4, 0.5) is 0 Å². The number of benzene rings is 1. The van der Waals surface area contributed by atoms with Gasteiger partial charge >= 0.3 is 0 Å². The molecule has 0 unspecified atom stereocenters. The third-order valence-corrected chi connectivity index (χ3v) is 8.32. The normalized spacial score (nSPS) is 22.4. The van der Waals surface area contributed by atoms with Gasteiger partial charge in [0.2, 0.25) is 5.91 Å². The Kier molecular flexibility index (Phi) is 6.45. The highest BCUT2D eigenvalue weighted by atomic mass is 16.2. The topological polar surface area (TPSA) is 53.0 Å². The van der Waals surface area contributed by atoms with Gasteiger partial charge in [0, 0.05) is 32.6 Å². The molecule has 2 amide bonds. The van der Waals surface area contributed by atoms with Crippen molar-refractivity contribution in [2.75, 3.05) is 26.2 Å². The number of rotatable bonds is 2. The highest BCUT2D eigenvalue weighted by Crippen LogP contribution is 2.46. The number of aryl methyl sites for hydroxylation is 1. The average Bonchev–Trinajstić information content (AvgIpc) is 3.11. The molecule has 1 aliphatic carbocycles. The first-order chi connectivity index (χ1) is 15.5. The summed E-state index contributed by atoms with van der Waals surface area (Å²) in [5, 5.41) is 0. The van der Waals surface area contributed by atoms with Crippen molar-refractivity contribution in [1.82, 2.24) is 9.80 Å². The van der Waals surface area contributed by atoms with Crippen molar-refractivity contribution in [2.45, 2.75) is 85.0 Å². The number of amidine groups is 1. The maximum Gasteiger partial charge on any atom is 0.253 e. The van der Waals surface area contributed by atoms with Crippen molar-refractivity contribution in [3.8, 4) is 0 Å². The molecule has 0 bridgehead atoms. The van der Waals surface area contributed by atoms with E-state index in [1.54, 1.807) is 5.56 Å². The Morgan fingerprint density at radius 3 is 2.18 bits per heavy atom. The largest absolute Gasteiger partial charge is 0.360 e. The van der Waals surface area contributed by atoms with Crippen molar-refractivity contribution in [1.29, 1.82) is 0 Å². The molecule has 2 heterocycles. The monoisotopic (exact) mass is 451 g/mol. The molecule has 0 N–H and O–H groups in total. The minimum Gasteiger partial charge on any atom is -0.360 e. The van der Waals surface area contributed by atoms with E-state index in [4.69, 9.17) is 0 Å². The summed E-state index contributed by atoms with van der Waals surface area (Å²) in [5.74, 6) is 1.04. The lowest BCUT2D eigenvalue weighted by Gasteiger charge is -2.41. The van der Waals surface area contributed by atoms with E-state index in [-0.39, 0.29) is 17.2 Å². The molecule has 0 saturated carbocycles. The van der Waals surface area contributed by atoms with Gasteiger partial charge in [-0.1, -0.05) is 52.0 Å². The molecule has 3 aliphatic rings. The number of fused-ring (bicyclic) bond motifs is 2. The van der Waals surface area contributed by atoms with Gasteiger partial charge in [0.25, 0.3) is 5.91 Å². The molecule has 0 atom stereocenters. The fraction of sp³-hybridized carbons (Fsp3) is 0.679. The molecule has 2 fully saturated rings. The van der Waals surface area contributed by atoms with Gasteiger partial charge in [-0.05, 0) is 67.4 Å². The van der Waals surface area contributed by atoms with Gasteiger partial charge in [0.05, 0.1) is 5.41 Å². The third-order valence-electron chi connectivity index (χ3n) is 8.32. The first-order valence-electron chi connectivity index (χ1n) is 12.7. The standard InChI is InChI=1S/C28H41N3O2/c1-21(30-18-14-28(15-19-30)11-10-22-8-6-7-9-23(22)28)29-25(33)27(5)12-16-31(17-13-27)24(32)20-26(2,3)4/h6-9H,10-20H2,1-5H3. The van der Waals surface area contributed by atoms with Crippen LogP contribution in [0.25, 0.3) is 0 Å². The van der Waals surface area contributed by atoms with Crippen LogP contribution in [0.1, 0.15) is 84.3 Å². The number of piperidine rings is 2. The van der Waals surface area contributed by atoms with Crippen LogP contribution in [0.2, 0.25) is 0 Å². The van der Waals surface area contributed by atoms with Gasteiger partial charge in [-0.25, -0.2) is 4.99 Å². The minimum absolute atomic E-state index is 0.0113. The van der Waals surface area contributed by atoms with Crippen molar-refractivity contribution in [2.24, 2.45) is 15.8 Å². The van der Waals surface area contributed by atoms with Gasteiger partial charge in [0.1, 0.15) is 5.84 Å². The SMILES string of the molecule is CC(=NC(=O)C1(C)CCN(C(=O)CC(C)(C)C)CC1)N1CCC2(CCc3ccccc32)CC1. The molecule has 5 nitrogen and oxygen atoms in total. The number of hydrogen-bond donors (Lipinski definition) is 0. The van der Waals surface area contributed by atoms with Crippen molar-refractivity contribution >= 4 is 17.6 Å². The highest BCUT2D eigenvalue weighted by Gasteiger charge is 2.42. The molecule has 5 heteroatoms. The van der Waals surface area contributed by atoms with Gasteiger partial charge in [0.15, 0.2) is 0 Å². The molecule has 0 radical (unpaired) electrons. The van der Waals surface area contributed by atoms with Gasteiger partial charge in [-0.3, -0.25) is 9.59 Å². The smallest absolute Gasteiger partial charge is 0.253 e. The second kappa shape index (κ2) is 8.88. The Labute approximate surface area is 199 Å². The maximum atomic E-state index is 13.2. The number of carbonyl (C=O) groups excluding carboxylic acids is 2. The van der Waals surface area contributed by atoms with E-state index in [0.717, 1.165) is 31.8 Å². The van der Waals surface area contributed by atoms with Crippen molar-refractivity contribution in [3.63, 3.8) is 0 Å². The third kappa shape index (κ3) is 5.02. The number of carbonyl (C=O) groups is 2. The van der Waals surface area contributed by atoms with Crippen LogP contribution >= 0.6 is 0 Å². The van der Waals surface area contributed by atoms with Crippen LogP contribution < -0.4 is 0 Å². The molecule has 1 spiro atoms. The summed E-state index contributed by atoms with van der Waals surface area (Å²) in [6.45, 7) is 13.5. The second-order valence-electron chi connectivity index (χ2n) is 12.1. The van der Waals surface area contributed by atoms with E-state index in [9.17, 15) is 9.59 Å². The molecule has 2 aliphatic heterocycles. The molecule has 180 valence electrons. The van der Waals surface area contributed by atoms with E-state index in [2.05, 4.69) is 54.9 Å². The number of likely N-dealkylation sites (tertiary alicyclic amines) is 2. The fourth-order valence-electron chi connectivity index (χ4n) is 5.92. The molecular formula is C28H41N3O2. The predicted octanol–water partition coefficient (Wildman–Crippen LogP) is 4.98. The van der Waals surface area contributed by atoms with E-state index in [1.807, 2.05) is 18.7 Å². The van der Waals surface area contributed by atoms with Crippen LogP contribution in [-0.4, -0.2) is 53.6 Å². The van der Waals surface area contributed by atoms with E-state index >= 15 is 0 Å². The molecule has 1 aromatic rings. The summed E-state index contributed by atoms with van der Waals surface area (Å²) >= 11 is 0. The Morgan fingerprint density at radius 1 is 0.939 bits per heavy atom. The zero-order chi connectivity index (χ0) is 23.9. The number of aliphatic imine (C=N–C) groups is 1. The molecule has 0 aromatic heterocycles. The van der Waals surface area contributed by atoms with Crippen molar-refractivity contribution in [3.05, 3.63) is 35.4 Å². The average molecular weight is 452 g/mol. The van der Waals surface area contributed by atoms with Crippen LogP contribution in [0, 0.1) is 10.8 Å². The van der Waals surface area contributed by atoms with Crippen LogP contribution in [0.5, 0.6) is 0 Å². The Hall–Kier alpha value is -2.17. The number of nitrogens with zero attached hydrogens (tertiary/aromatic N) is 3. The van der Waals surface area contributed by atoms with E-state index < -0.39 is 5.41 Å². The lowest BCUT2D eigenvalue weighted by molar-refractivity contribution is -0.139. The van der Waals surface area contributed by atoms with Crippen LogP contribution in [0.3, 0.4) is 0 Å². The van der Waals surface area contributed by atoms with Crippen LogP contribution in [0.15, 0.2) is 29.3 Å². The lowest BCUT2D eigenvalue weighted by Crippen LogP contribution is -2.46. The molecule has 33 heavy (non-hydrogen) atoms. The zero-order valence-electron chi connectivity index (χ0n) is 21.2. The van der Waals surface area contributed by atoms with Gasteiger partial charge in [-0.15, -0.1) is 0 Å². The summed E-state index contributed by atoms with van der Waals surface area (Å²) < 4.78 is 0. The zero-order valence-corrected chi connectivity index (χ0v) is 21.2. The molecular weight excluding hydrogens is 410 g/mol. The number of hydrogen-bond acceptors (Lipinski definition) is 2. The Balaban J connectivity index is 1.33. The Bertz CT molecular complexity index is 927. The predicted molar refractivity (Wildman–Crippen MR) is 133 cm³/mol. The first kappa shape index (κ1) is 24.0. The van der Waals surface area contributed by atoms with Crippen LogP contribution in [-0.2, 0) is 21.4 Å². The summed E-state index contributed by atoms with van der Waals surface area (Å²) in [6, 6.07) is 8.93. The van der Waals surface area contributed by atoms with Crippen molar-refractivity contribution < 1.29 is 9.59 Å². The quantitative estimate of drug-likeness (QED) is 0.471. The highest BCUT2D eigenvalue weighted by molar-refractivity contribution is 5.96. The summed E-state index contributed by atoms with van der Waals surface area (Å²) in [7, 11) is 0. The maximum absolute atomic E-state index is 13.2. The summed E-state index contributed by atoms with van der Waals surface area (Å²) in [4.78, 5) is 34.6. The minimum atomic E-state index is -0.471.